The Balaban J connectivity index is 1.81. The van der Waals surface area contributed by atoms with Crippen LogP contribution in [0, 0.1) is 0 Å². The number of benzene rings is 1. The molecule has 0 spiro atoms. The van der Waals surface area contributed by atoms with E-state index in [1.165, 1.54) is 13.4 Å². The molecule has 1 aliphatic heterocycles. The smallest absolute Gasteiger partial charge is 0.409 e. The van der Waals surface area contributed by atoms with Gasteiger partial charge in [-0.3, -0.25) is 9.69 Å². The van der Waals surface area contributed by atoms with Crippen LogP contribution in [0.3, 0.4) is 0 Å². The Bertz CT molecular complexity index is 797. The zero-order valence-corrected chi connectivity index (χ0v) is 13.0. The van der Waals surface area contributed by atoms with Crippen molar-refractivity contribution in [3.8, 4) is 0 Å². The lowest BCUT2D eigenvalue weighted by atomic mass is 10.1. The highest BCUT2D eigenvalue weighted by molar-refractivity contribution is 5.88. The van der Waals surface area contributed by atoms with Crippen molar-refractivity contribution in [1.82, 2.24) is 19.8 Å². The number of rotatable bonds is 3. The van der Waals surface area contributed by atoms with Crippen LogP contribution in [-0.2, 0) is 16.1 Å². The molecule has 1 aromatic carbocycles. The van der Waals surface area contributed by atoms with Crippen molar-refractivity contribution in [3.05, 3.63) is 30.1 Å². The Morgan fingerprint density at radius 2 is 2.21 bits per heavy atom. The number of hydrogen-bond donors (Lipinski definition) is 2. The highest BCUT2D eigenvalue weighted by atomic mass is 16.5. The number of nitrogen functional groups attached to an aromatic ring is 1. The van der Waals surface area contributed by atoms with Crippen molar-refractivity contribution in [3.63, 3.8) is 0 Å². The van der Waals surface area contributed by atoms with Crippen LogP contribution in [-0.4, -0.2) is 63.3 Å². The van der Waals surface area contributed by atoms with Gasteiger partial charge in [0.1, 0.15) is 12.1 Å². The second-order valence-corrected chi connectivity index (χ2v) is 5.43. The van der Waals surface area contributed by atoms with E-state index in [0.717, 1.165) is 15.8 Å². The SMILES string of the molecule is CO[C@H]1C(=O)N(Cc2ccc3c(N)ncnc3c2)CCN1C(=O)O. The minimum atomic E-state index is -1.17. The van der Waals surface area contributed by atoms with E-state index in [0.29, 0.717) is 24.4 Å². The Morgan fingerprint density at radius 3 is 2.92 bits per heavy atom. The summed E-state index contributed by atoms with van der Waals surface area (Å²) in [5, 5.41) is 9.88. The lowest BCUT2D eigenvalue weighted by Gasteiger charge is -2.38. The molecule has 1 aliphatic rings. The molecule has 1 atom stereocenters. The van der Waals surface area contributed by atoms with Gasteiger partial charge in [0.25, 0.3) is 5.91 Å². The van der Waals surface area contributed by atoms with Crippen LogP contribution < -0.4 is 5.73 Å². The maximum atomic E-state index is 12.4. The molecule has 0 aliphatic carbocycles. The number of nitrogens with zero attached hydrogens (tertiary/aromatic N) is 4. The number of hydrogen-bond acceptors (Lipinski definition) is 6. The first-order valence-electron chi connectivity index (χ1n) is 7.31. The Hall–Kier alpha value is -2.94. The molecule has 1 saturated heterocycles. The fourth-order valence-corrected chi connectivity index (χ4v) is 2.77. The van der Waals surface area contributed by atoms with E-state index in [1.54, 1.807) is 4.90 Å². The second-order valence-electron chi connectivity index (χ2n) is 5.43. The number of carboxylic acid groups (broad SMARTS) is 1. The predicted octanol–water partition coefficient (Wildman–Crippen LogP) is 0.507. The number of carbonyl (C=O) groups is 2. The molecule has 0 unspecified atom stereocenters. The van der Waals surface area contributed by atoms with Crippen LogP contribution in [0.15, 0.2) is 24.5 Å². The monoisotopic (exact) mass is 331 g/mol. The van der Waals surface area contributed by atoms with Crippen LogP contribution in [0.4, 0.5) is 10.6 Å². The molecule has 1 fully saturated rings. The van der Waals surface area contributed by atoms with Gasteiger partial charge in [-0.2, -0.15) is 0 Å². The minimum Gasteiger partial charge on any atom is -0.465 e. The zero-order valence-electron chi connectivity index (χ0n) is 13.0. The zero-order chi connectivity index (χ0) is 17.3. The maximum Gasteiger partial charge on any atom is 0.409 e. The molecule has 9 heteroatoms. The maximum absolute atomic E-state index is 12.4. The lowest BCUT2D eigenvalue weighted by Crippen LogP contribution is -2.58. The first-order valence-corrected chi connectivity index (χ1v) is 7.31. The van der Waals surface area contributed by atoms with Crippen LogP contribution in [0.2, 0.25) is 0 Å². The van der Waals surface area contributed by atoms with Gasteiger partial charge in [-0.05, 0) is 17.7 Å². The number of ether oxygens (including phenoxy) is 1. The van der Waals surface area contributed by atoms with Crippen molar-refractivity contribution in [1.29, 1.82) is 0 Å². The normalized spacial score (nSPS) is 18.2. The Labute approximate surface area is 137 Å². The summed E-state index contributed by atoms with van der Waals surface area (Å²) >= 11 is 0. The van der Waals surface area contributed by atoms with Gasteiger partial charge >= 0.3 is 6.09 Å². The van der Waals surface area contributed by atoms with Gasteiger partial charge < -0.3 is 20.5 Å². The van der Waals surface area contributed by atoms with Gasteiger partial charge in [-0.1, -0.05) is 6.07 Å². The number of nitrogens with two attached hydrogens (primary N) is 1. The third-order valence-electron chi connectivity index (χ3n) is 3.99. The minimum absolute atomic E-state index is 0.197. The van der Waals surface area contributed by atoms with Crippen LogP contribution in [0.5, 0.6) is 0 Å². The average Bonchev–Trinajstić information content (AvgIpc) is 2.56. The summed E-state index contributed by atoms with van der Waals surface area (Å²) in [6.07, 6.45) is -0.901. The molecule has 2 heterocycles. The van der Waals surface area contributed by atoms with Gasteiger partial charge in [-0.25, -0.2) is 14.8 Å². The van der Waals surface area contributed by atoms with Crippen molar-refractivity contribution in [2.24, 2.45) is 0 Å². The molecule has 9 nitrogen and oxygen atoms in total. The number of carbonyl (C=O) groups excluding carboxylic acids is 1. The number of aromatic nitrogens is 2. The fraction of sp³-hybridized carbons (Fsp3) is 0.333. The summed E-state index contributed by atoms with van der Waals surface area (Å²) in [7, 11) is 1.32. The number of fused-ring (bicyclic) bond motifs is 1. The summed E-state index contributed by atoms with van der Waals surface area (Å²) in [5.41, 5.74) is 7.36. The third-order valence-corrected chi connectivity index (χ3v) is 3.99. The summed E-state index contributed by atoms with van der Waals surface area (Å²) in [6, 6.07) is 5.50. The van der Waals surface area contributed by atoms with E-state index in [1.807, 2.05) is 18.2 Å². The highest BCUT2D eigenvalue weighted by Crippen LogP contribution is 2.20. The van der Waals surface area contributed by atoms with Gasteiger partial charge in [0.05, 0.1) is 5.52 Å². The summed E-state index contributed by atoms with van der Waals surface area (Å²) in [4.78, 5) is 34.3. The molecule has 24 heavy (non-hydrogen) atoms. The largest absolute Gasteiger partial charge is 0.465 e. The van der Waals surface area contributed by atoms with E-state index in [-0.39, 0.29) is 12.5 Å². The molecular weight excluding hydrogens is 314 g/mol. The van der Waals surface area contributed by atoms with E-state index in [4.69, 9.17) is 15.6 Å². The first kappa shape index (κ1) is 15.9. The van der Waals surface area contributed by atoms with Crippen molar-refractivity contribution in [2.75, 3.05) is 25.9 Å². The summed E-state index contributed by atoms with van der Waals surface area (Å²) in [5.74, 6) is 0.0191. The topological polar surface area (TPSA) is 122 Å². The van der Waals surface area contributed by atoms with E-state index < -0.39 is 12.3 Å². The first-order chi connectivity index (χ1) is 11.5. The highest BCUT2D eigenvalue weighted by Gasteiger charge is 2.37. The van der Waals surface area contributed by atoms with E-state index in [9.17, 15) is 9.59 Å². The standard InChI is InChI=1S/C15H17N5O4/c1-24-14-13(21)19(4-5-20(14)15(22)23)7-9-2-3-10-11(6-9)17-8-18-12(10)16/h2-3,6,8,14H,4-5,7H2,1H3,(H,22,23)(H2,16,17,18)/t14-/m0/s1. The molecule has 3 N–H and O–H groups in total. The van der Waals surface area contributed by atoms with Crippen LogP contribution >= 0.6 is 0 Å². The van der Waals surface area contributed by atoms with Crippen molar-refractivity contribution < 1.29 is 19.4 Å². The second kappa shape index (κ2) is 6.28. The average molecular weight is 331 g/mol. The molecule has 1 aromatic heterocycles. The summed E-state index contributed by atoms with van der Waals surface area (Å²) in [6.45, 7) is 0.837. The van der Waals surface area contributed by atoms with Crippen LogP contribution in [0.25, 0.3) is 10.9 Å². The predicted molar refractivity (Wildman–Crippen MR) is 84.9 cm³/mol. The molecular formula is C15H17N5O4. The Morgan fingerprint density at radius 1 is 1.42 bits per heavy atom. The summed E-state index contributed by atoms with van der Waals surface area (Å²) < 4.78 is 5.05. The van der Waals surface area contributed by atoms with E-state index >= 15 is 0 Å². The molecule has 126 valence electrons. The molecule has 2 aromatic rings. The lowest BCUT2D eigenvalue weighted by molar-refractivity contribution is -0.159. The molecule has 2 amide bonds. The van der Waals surface area contributed by atoms with Gasteiger partial charge in [0, 0.05) is 32.1 Å². The van der Waals surface area contributed by atoms with Crippen LogP contribution in [0.1, 0.15) is 5.56 Å². The number of anilines is 1. The molecule has 0 saturated carbocycles. The van der Waals surface area contributed by atoms with Crippen molar-refractivity contribution >= 4 is 28.7 Å². The van der Waals surface area contributed by atoms with E-state index in [2.05, 4.69) is 9.97 Å². The molecule has 0 bridgehead atoms. The van der Waals surface area contributed by atoms with Crippen molar-refractivity contribution in [2.45, 2.75) is 12.8 Å². The third kappa shape index (κ3) is 2.81. The number of amides is 2. The molecule has 3 rings (SSSR count). The number of methoxy groups -OCH3 is 1. The van der Waals surface area contributed by atoms with Gasteiger partial charge in [0.2, 0.25) is 6.23 Å². The quantitative estimate of drug-likeness (QED) is 0.840. The number of piperazine rings is 1. The fourth-order valence-electron chi connectivity index (χ4n) is 2.77. The molecule has 0 radical (unpaired) electrons. The van der Waals surface area contributed by atoms with Gasteiger partial charge in [-0.15, -0.1) is 0 Å². The van der Waals surface area contributed by atoms with Gasteiger partial charge in [0.15, 0.2) is 0 Å². The Kier molecular flexibility index (Phi) is 4.17.